The van der Waals surface area contributed by atoms with Crippen LogP contribution in [0, 0.1) is 17.1 Å². The topological polar surface area (TPSA) is 36.7 Å². The predicted octanol–water partition coefficient (Wildman–Crippen LogP) is 3.44. The molecule has 2 aromatic rings. The van der Waals surface area contributed by atoms with Gasteiger partial charge in [0, 0.05) is 11.8 Å². The first-order valence-corrected chi connectivity index (χ1v) is 5.88. The fraction of sp³-hybridized carbons (Fsp3) is 0.200. The Bertz CT molecular complexity index is 622. The highest BCUT2D eigenvalue weighted by atomic mass is 19.1. The van der Waals surface area contributed by atoms with Crippen molar-refractivity contribution in [2.75, 3.05) is 0 Å². The van der Waals surface area contributed by atoms with Crippen molar-refractivity contribution in [3.05, 3.63) is 54.0 Å². The molecule has 0 bridgehead atoms. The third-order valence-corrected chi connectivity index (χ3v) is 3.43. The van der Waals surface area contributed by atoms with Crippen molar-refractivity contribution >= 4 is 0 Å². The Hall–Kier alpha value is -2.21. The first-order valence-electron chi connectivity index (χ1n) is 5.88. The number of hydrogen-bond acceptors (Lipinski definition) is 2. The molecular weight excluding hydrogens is 227 g/mol. The standard InChI is InChI=1S/C15H11FN2/c16-13-4-2-1-3-12(13)14-6-5-11(9-18-14)15(10-17)7-8-15/h1-6,9H,7-8H2. The largest absolute Gasteiger partial charge is 0.256 e. The van der Waals surface area contributed by atoms with Crippen molar-refractivity contribution in [3.8, 4) is 17.3 Å². The Balaban J connectivity index is 1.98. The maximum atomic E-state index is 13.6. The molecule has 0 aliphatic heterocycles. The summed E-state index contributed by atoms with van der Waals surface area (Å²) in [7, 11) is 0. The lowest BCUT2D eigenvalue weighted by Crippen LogP contribution is -2.03. The van der Waals surface area contributed by atoms with Gasteiger partial charge in [-0.2, -0.15) is 5.26 Å². The lowest BCUT2D eigenvalue weighted by Gasteiger charge is -2.07. The van der Waals surface area contributed by atoms with Gasteiger partial charge < -0.3 is 0 Å². The van der Waals surface area contributed by atoms with Crippen molar-refractivity contribution in [3.63, 3.8) is 0 Å². The summed E-state index contributed by atoms with van der Waals surface area (Å²) in [4.78, 5) is 4.27. The zero-order valence-corrected chi connectivity index (χ0v) is 9.73. The van der Waals surface area contributed by atoms with Crippen LogP contribution in [0.5, 0.6) is 0 Å². The smallest absolute Gasteiger partial charge is 0.132 e. The van der Waals surface area contributed by atoms with Crippen molar-refractivity contribution in [2.45, 2.75) is 18.3 Å². The van der Waals surface area contributed by atoms with E-state index in [1.807, 2.05) is 6.07 Å². The molecule has 0 spiro atoms. The summed E-state index contributed by atoms with van der Waals surface area (Å²) in [5, 5.41) is 9.10. The fourth-order valence-electron chi connectivity index (χ4n) is 2.10. The zero-order chi connectivity index (χ0) is 12.6. The van der Waals surface area contributed by atoms with Crippen molar-refractivity contribution in [1.82, 2.24) is 4.98 Å². The molecule has 0 atom stereocenters. The molecule has 3 heteroatoms. The lowest BCUT2D eigenvalue weighted by molar-refractivity contribution is 0.630. The third kappa shape index (κ3) is 1.67. The van der Waals surface area contributed by atoms with E-state index < -0.39 is 0 Å². The third-order valence-electron chi connectivity index (χ3n) is 3.43. The van der Waals surface area contributed by atoms with Crippen LogP contribution in [0.1, 0.15) is 18.4 Å². The van der Waals surface area contributed by atoms with Crippen LogP contribution in [-0.4, -0.2) is 4.98 Å². The molecule has 3 rings (SSSR count). The minimum atomic E-state index is -0.333. The van der Waals surface area contributed by atoms with Crippen molar-refractivity contribution in [1.29, 1.82) is 5.26 Å². The lowest BCUT2D eigenvalue weighted by atomic mass is 9.99. The number of nitriles is 1. The van der Waals surface area contributed by atoms with E-state index in [0.29, 0.717) is 11.3 Å². The number of aromatic nitrogens is 1. The molecule has 18 heavy (non-hydrogen) atoms. The Morgan fingerprint density at radius 3 is 2.50 bits per heavy atom. The highest BCUT2D eigenvalue weighted by Crippen LogP contribution is 2.47. The molecule has 0 radical (unpaired) electrons. The molecular formula is C15H11FN2. The molecule has 88 valence electrons. The Morgan fingerprint density at radius 1 is 1.17 bits per heavy atom. The molecule has 1 heterocycles. The van der Waals surface area contributed by atoms with Gasteiger partial charge >= 0.3 is 0 Å². The number of hydrogen-bond donors (Lipinski definition) is 0. The van der Waals surface area contributed by atoms with Crippen LogP contribution in [0.4, 0.5) is 4.39 Å². The molecule has 1 aliphatic carbocycles. The summed E-state index contributed by atoms with van der Waals surface area (Å²) in [5.41, 5.74) is 1.70. The van der Waals surface area contributed by atoms with Gasteiger partial charge in [-0.25, -0.2) is 4.39 Å². The molecule has 0 unspecified atom stereocenters. The summed E-state index contributed by atoms with van der Waals surface area (Å²) in [6.07, 6.45) is 3.48. The molecule has 0 N–H and O–H groups in total. The second-order valence-corrected chi connectivity index (χ2v) is 4.61. The van der Waals surface area contributed by atoms with Crippen LogP contribution in [0.2, 0.25) is 0 Å². The van der Waals surface area contributed by atoms with Crippen LogP contribution < -0.4 is 0 Å². The molecule has 1 saturated carbocycles. The van der Waals surface area contributed by atoms with E-state index in [1.54, 1.807) is 30.5 Å². The normalized spacial score (nSPS) is 16.0. The SMILES string of the molecule is N#CC1(c2ccc(-c3ccccc3F)nc2)CC1. The van der Waals surface area contributed by atoms with Crippen molar-refractivity contribution in [2.24, 2.45) is 0 Å². The van der Waals surface area contributed by atoms with Crippen LogP contribution in [0.15, 0.2) is 42.6 Å². The zero-order valence-electron chi connectivity index (χ0n) is 9.73. The quantitative estimate of drug-likeness (QED) is 0.803. The molecule has 1 aromatic carbocycles. The molecule has 2 nitrogen and oxygen atoms in total. The summed E-state index contributed by atoms with van der Waals surface area (Å²) in [6.45, 7) is 0. The molecule has 1 aromatic heterocycles. The Kier molecular flexibility index (Phi) is 2.38. The molecule has 0 saturated heterocycles. The van der Waals surface area contributed by atoms with Crippen LogP contribution in [-0.2, 0) is 5.41 Å². The van der Waals surface area contributed by atoms with Gasteiger partial charge in [0.25, 0.3) is 0 Å². The summed E-state index contributed by atoms with van der Waals surface area (Å²) < 4.78 is 13.6. The van der Waals surface area contributed by atoms with Crippen molar-refractivity contribution < 1.29 is 4.39 Å². The second-order valence-electron chi connectivity index (χ2n) is 4.61. The van der Waals surface area contributed by atoms with Gasteiger partial charge in [-0.3, -0.25) is 4.98 Å². The predicted molar refractivity (Wildman–Crippen MR) is 66.2 cm³/mol. The van der Waals surface area contributed by atoms with Gasteiger partial charge in [-0.05, 0) is 36.6 Å². The van der Waals surface area contributed by atoms with E-state index in [0.717, 1.165) is 18.4 Å². The first-order chi connectivity index (χ1) is 8.75. The molecule has 1 aliphatic rings. The van der Waals surface area contributed by atoms with Gasteiger partial charge in [-0.1, -0.05) is 18.2 Å². The van der Waals surface area contributed by atoms with E-state index >= 15 is 0 Å². The van der Waals surface area contributed by atoms with Gasteiger partial charge in [0.05, 0.1) is 17.2 Å². The maximum absolute atomic E-state index is 13.6. The molecule has 1 fully saturated rings. The first kappa shape index (κ1) is 10.9. The monoisotopic (exact) mass is 238 g/mol. The molecule has 0 amide bonds. The Morgan fingerprint density at radius 2 is 1.94 bits per heavy atom. The average Bonchev–Trinajstić information content (AvgIpc) is 3.21. The van der Waals surface area contributed by atoms with E-state index in [2.05, 4.69) is 11.1 Å². The Labute approximate surface area is 105 Å². The highest BCUT2D eigenvalue weighted by Gasteiger charge is 2.45. The summed E-state index contributed by atoms with van der Waals surface area (Å²) in [6, 6.07) is 12.5. The van der Waals surface area contributed by atoms with Gasteiger partial charge in [0.2, 0.25) is 0 Å². The van der Waals surface area contributed by atoms with Gasteiger partial charge in [0.15, 0.2) is 0 Å². The maximum Gasteiger partial charge on any atom is 0.132 e. The number of benzene rings is 1. The summed E-state index contributed by atoms with van der Waals surface area (Å²) in [5.74, 6) is -0.279. The number of nitrogens with zero attached hydrogens (tertiary/aromatic N) is 2. The fourth-order valence-corrected chi connectivity index (χ4v) is 2.10. The minimum Gasteiger partial charge on any atom is -0.256 e. The van der Waals surface area contributed by atoms with E-state index in [-0.39, 0.29) is 11.2 Å². The van der Waals surface area contributed by atoms with Crippen LogP contribution in [0.3, 0.4) is 0 Å². The van der Waals surface area contributed by atoms with Crippen LogP contribution in [0.25, 0.3) is 11.3 Å². The average molecular weight is 238 g/mol. The van der Waals surface area contributed by atoms with E-state index in [9.17, 15) is 4.39 Å². The van der Waals surface area contributed by atoms with Gasteiger partial charge in [0.1, 0.15) is 5.82 Å². The summed E-state index contributed by atoms with van der Waals surface area (Å²) >= 11 is 0. The van der Waals surface area contributed by atoms with Crippen LogP contribution >= 0.6 is 0 Å². The van der Waals surface area contributed by atoms with E-state index in [1.165, 1.54) is 6.07 Å². The highest BCUT2D eigenvalue weighted by molar-refractivity contribution is 5.60. The second kappa shape index (κ2) is 3.92. The van der Waals surface area contributed by atoms with Gasteiger partial charge in [-0.15, -0.1) is 0 Å². The number of halogens is 1. The number of pyridine rings is 1. The minimum absolute atomic E-state index is 0.279. The van der Waals surface area contributed by atoms with E-state index in [4.69, 9.17) is 5.26 Å². The number of rotatable bonds is 2.